The molecule has 2 rings (SSSR count). The molecule has 2 aromatic heterocycles. The molecule has 2 aromatic rings. The number of pyridine rings is 1. The van der Waals surface area contributed by atoms with Crippen molar-refractivity contribution in [1.82, 2.24) is 9.97 Å². The number of rotatable bonds is 1. The van der Waals surface area contributed by atoms with E-state index in [4.69, 9.17) is 0 Å². The molecular formula is C7H6BrN3O2S. The first-order chi connectivity index (χ1) is 6.63. The number of nitrogens with one attached hydrogen (secondary N) is 2. The molecule has 0 aliphatic rings. The molecule has 5 nitrogen and oxygen atoms in total. The first-order valence-corrected chi connectivity index (χ1v) is 5.33. The Labute approximate surface area is 90.9 Å². The van der Waals surface area contributed by atoms with Crippen LogP contribution in [0.1, 0.15) is 0 Å². The molecule has 7 heteroatoms. The lowest BCUT2D eigenvalue weighted by molar-refractivity contribution is 0.478. The van der Waals surface area contributed by atoms with Crippen LogP contribution in [0.3, 0.4) is 0 Å². The van der Waals surface area contributed by atoms with E-state index in [2.05, 4.69) is 31.2 Å². The number of thiazole rings is 1. The number of hydrogen-bond acceptors (Lipinski definition) is 5. The third kappa shape index (κ3) is 1.28. The second-order valence-corrected chi connectivity index (χ2v) is 4.36. The Morgan fingerprint density at radius 1 is 1.64 bits per heavy atom. The maximum atomic E-state index is 11.2. The summed E-state index contributed by atoms with van der Waals surface area (Å²) < 4.78 is 0.692. The highest BCUT2D eigenvalue weighted by Crippen LogP contribution is 2.34. The second-order valence-electron chi connectivity index (χ2n) is 2.56. The number of fused-ring (bicyclic) bond motifs is 1. The lowest BCUT2D eigenvalue weighted by Crippen LogP contribution is -2.05. The average molecular weight is 276 g/mol. The Bertz CT molecular complexity index is 548. The minimum atomic E-state index is -0.386. The summed E-state index contributed by atoms with van der Waals surface area (Å²) in [4.78, 5) is 17.8. The van der Waals surface area contributed by atoms with Gasteiger partial charge in [0.25, 0.3) is 5.56 Å². The number of H-pyrrole nitrogens is 1. The summed E-state index contributed by atoms with van der Waals surface area (Å²) in [7, 11) is 1.72. The highest BCUT2D eigenvalue weighted by atomic mass is 79.9. The Morgan fingerprint density at radius 2 is 2.36 bits per heavy atom. The molecule has 0 atom stereocenters. The Hall–Kier alpha value is -1.08. The SMILES string of the molecule is CNc1nc2[nH]c(=O)c(Br)c(O)c2s1. The van der Waals surface area contributed by atoms with E-state index in [0.717, 1.165) is 0 Å². The number of aromatic nitrogens is 2. The van der Waals surface area contributed by atoms with E-state index in [-0.39, 0.29) is 15.8 Å². The van der Waals surface area contributed by atoms with Gasteiger partial charge in [0.2, 0.25) is 0 Å². The van der Waals surface area contributed by atoms with E-state index in [1.807, 2.05) is 0 Å². The summed E-state index contributed by atoms with van der Waals surface area (Å²) in [6, 6.07) is 0. The van der Waals surface area contributed by atoms with Crippen molar-refractivity contribution in [2.75, 3.05) is 12.4 Å². The molecule has 14 heavy (non-hydrogen) atoms. The summed E-state index contributed by atoms with van der Waals surface area (Å²) in [6.45, 7) is 0. The number of anilines is 1. The van der Waals surface area contributed by atoms with Gasteiger partial charge in [-0.25, -0.2) is 4.98 Å². The Morgan fingerprint density at radius 3 is 3.00 bits per heavy atom. The van der Waals surface area contributed by atoms with Crippen molar-refractivity contribution in [3.63, 3.8) is 0 Å². The zero-order valence-corrected chi connectivity index (χ0v) is 9.49. The normalized spacial score (nSPS) is 10.7. The van der Waals surface area contributed by atoms with Gasteiger partial charge < -0.3 is 15.4 Å². The monoisotopic (exact) mass is 275 g/mol. The summed E-state index contributed by atoms with van der Waals surface area (Å²) in [6.07, 6.45) is 0. The van der Waals surface area contributed by atoms with Gasteiger partial charge >= 0.3 is 0 Å². The highest BCUT2D eigenvalue weighted by molar-refractivity contribution is 9.10. The van der Waals surface area contributed by atoms with Crippen molar-refractivity contribution in [3.8, 4) is 5.75 Å². The van der Waals surface area contributed by atoms with Crippen LogP contribution in [0.4, 0.5) is 5.13 Å². The van der Waals surface area contributed by atoms with Crippen molar-refractivity contribution in [2.24, 2.45) is 0 Å². The Balaban J connectivity index is 2.87. The van der Waals surface area contributed by atoms with Crippen LogP contribution in [0.25, 0.3) is 10.3 Å². The van der Waals surface area contributed by atoms with Crippen molar-refractivity contribution in [1.29, 1.82) is 0 Å². The quantitative estimate of drug-likeness (QED) is 0.737. The van der Waals surface area contributed by atoms with Crippen LogP contribution in [0.5, 0.6) is 5.75 Å². The van der Waals surface area contributed by atoms with E-state index in [1.54, 1.807) is 7.05 Å². The number of aromatic hydroxyl groups is 1. The number of halogens is 1. The van der Waals surface area contributed by atoms with Gasteiger partial charge in [0.15, 0.2) is 16.5 Å². The van der Waals surface area contributed by atoms with E-state index in [0.29, 0.717) is 15.5 Å². The molecule has 0 spiro atoms. The van der Waals surface area contributed by atoms with Gasteiger partial charge in [-0.1, -0.05) is 11.3 Å². The molecule has 3 N–H and O–H groups in total. The third-order valence-electron chi connectivity index (χ3n) is 1.70. The fourth-order valence-electron chi connectivity index (χ4n) is 1.04. The van der Waals surface area contributed by atoms with Crippen LogP contribution in [0, 0.1) is 0 Å². The Kier molecular flexibility index (Phi) is 2.20. The highest BCUT2D eigenvalue weighted by Gasteiger charge is 2.13. The summed E-state index contributed by atoms with van der Waals surface area (Å²) in [5, 5.41) is 13.1. The zero-order valence-electron chi connectivity index (χ0n) is 7.09. The van der Waals surface area contributed by atoms with Crippen LogP contribution < -0.4 is 10.9 Å². The van der Waals surface area contributed by atoms with Crippen LogP contribution in [0.2, 0.25) is 0 Å². The molecule has 0 aliphatic carbocycles. The second kappa shape index (κ2) is 3.25. The van der Waals surface area contributed by atoms with E-state index >= 15 is 0 Å². The number of nitrogens with zero attached hydrogens (tertiary/aromatic N) is 1. The zero-order chi connectivity index (χ0) is 10.3. The molecule has 0 unspecified atom stereocenters. The summed E-state index contributed by atoms with van der Waals surface area (Å²) >= 11 is 4.27. The lowest BCUT2D eigenvalue weighted by atomic mass is 10.4. The minimum Gasteiger partial charge on any atom is -0.505 e. The molecule has 0 fully saturated rings. The minimum absolute atomic E-state index is 0.0669. The van der Waals surface area contributed by atoms with Crippen molar-refractivity contribution < 1.29 is 5.11 Å². The lowest BCUT2D eigenvalue weighted by Gasteiger charge is -1.94. The largest absolute Gasteiger partial charge is 0.505 e. The van der Waals surface area contributed by atoms with Crippen molar-refractivity contribution >= 4 is 42.7 Å². The van der Waals surface area contributed by atoms with Crippen molar-refractivity contribution in [3.05, 3.63) is 14.8 Å². The van der Waals surface area contributed by atoms with E-state index in [9.17, 15) is 9.90 Å². The first kappa shape index (κ1) is 9.47. The average Bonchev–Trinajstić information content (AvgIpc) is 2.57. The van der Waals surface area contributed by atoms with Gasteiger partial charge in [-0.2, -0.15) is 0 Å². The van der Waals surface area contributed by atoms with E-state index in [1.165, 1.54) is 11.3 Å². The molecule has 2 heterocycles. The van der Waals surface area contributed by atoms with Crippen LogP contribution in [-0.2, 0) is 0 Å². The molecule has 0 aliphatic heterocycles. The van der Waals surface area contributed by atoms with Gasteiger partial charge in [-0.3, -0.25) is 4.79 Å². The molecule has 0 radical (unpaired) electrons. The first-order valence-electron chi connectivity index (χ1n) is 3.72. The number of aromatic amines is 1. The molecular weight excluding hydrogens is 270 g/mol. The molecule has 0 bridgehead atoms. The smallest absolute Gasteiger partial charge is 0.267 e. The van der Waals surface area contributed by atoms with E-state index < -0.39 is 0 Å². The molecule has 0 saturated carbocycles. The maximum Gasteiger partial charge on any atom is 0.267 e. The maximum absolute atomic E-state index is 11.2. The molecule has 0 aromatic carbocycles. The van der Waals surface area contributed by atoms with Gasteiger partial charge in [0.1, 0.15) is 9.17 Å². The van der Waals surface area contributed by atoms with Crippen LogP contribution >= 0.6 is 27.3 Å². The predicted molar refractivity (Wildman–Crippen MR) is 59.2 cm³/mol. The molecule has 0 saturated heterocycles. The van der Waals surface area contributed by atoms with Gasteiger partial charge in [0, 0.05) is 7.05 Å². The molecule has 74 valence electrons. The van der Waals surface area contributed by atoms with Crippen LogP contribution in [0.15, 0.2) is 9.27 Å². The van der Waals surface area contributed by atoms with Gasteiger partial charge in [-0.05, 0) is 15.9 Å². The van der Waals surface area contributed by atoms with Crippen molar-refractivity contribution in [2.45, 2.75) is 0 Å². The van der Waals surface area contributed by atoms with Crippen LogP contribution in [-0.4, -0.2) is 22.1 Å². The van der Waals surface area contributed by atoms with Gasteiger partial charge in [-0.15, -0.1) is 0 Å². The fourth-order valence-corrected chi connectivity index (χ4v) is 2.29. The summed E-state index contributed by atoms with van der Waals surface area (Å²) in [5.41, 5.74) is 0.00741. The topological polar surface area (TPSA) is 78.0 Å². The summed E-state index contributed by atoms with van der Waals surface area (Å²) in [5.74, 6) is -0.0669. The molecule has 0 amide bonds. The fraction of sp³-hybridized carbons (Fsp3) is 0.143. The van der Waals surface area contributed by atoms with Gasteiger partial charge in [0.05, 0.1) is 0 Å². The number of hydrogen-bond donors (Lipinski definition) is 3. The predicted octanol–water partition coefficient (Wildman–Crippen LogP) is 1.49. The standard InChI is InChI=1S/C7H6BrN3O2S/c1-9-7-11-5-4(14-7)3(12)2(8)6(13)10-5/h1H3,(H3,9,10,11,12,13). The third-order valence-corrected chi connectivity index (χ3v) is 3.51.